The summed E-state index contributed by atoms with van der Waals surface area (Å²) >= 11 is 0. The summed E-state index contributed by atoms with van der Waals surface area (Å²) in [6.45, 7) is 4.33. The van der Waals surface area contributed by atoms with Gasteiger partial charge in [-0.3, -0.25) is 0 Å². The average molecular weight is 334 g/mol. The number of aromatic nitrogens is 1. The van der Waals surface area contributed by atoms with Crippen molar-refractivity contribution in [2.75, 3.05) is 0 Å². The number of pyridine rings is 1. The Hall–Kier alpha value is -1.91. The van der Waals surface area contributed by atoms with Gasteiger partial charge in [0.25, 0.3) is 0 Å². The van der Waals surface area contributed by atoms with Crippen LogP contribution in [0.1, 0.15) is 82.1 Å². The van der Waals surface area contributed by atoms with Crippen molar-refractivity contribution >= 4 is 12.1 Å². The standard InChI is InChI=1S/C19H30N2O3/c1-3-5-7-9-13-16(12-8-6-4-2)21-19(23)24-18(22)17-14-10-11-15-20-17/h10-11,14-16H,3-9,12-13H2,1-2H3,(H,21,23). The zero-order valence-corrected chi connectivity index (χ0v) is 14.9. The third-order valence-electron chi connectivity index (χ3n) is 3.94. The van der Waals surface area contributed by atoms with Crippen molar-refractivity contribution in [3.8, 4) is 0 Å². The highest BCUT2D eigenvalue weighted by molar-refractivity contribution is 5.94. The van der Waals surface area contributed by atoms with Crippen LogP contribution in [0.2, 0.25) is 0 Å². The monoisotopic (exact) mass is 334 g/mol. The number of hydrogen-bond acceptors (Lipinski definition) is 4. The summed E-state index contributed by atoms with van der Waals surface area (Å²) < 4.78 is 4.85. The lowest BCUT2D eigenvalue weighted by atomic mass is 10.0. The van der Waals surface area contributed by atoms with Gasteiger partial charge in [-0.1, -0.05) is 64.9 Å². The van der Waals surface area contributed by atoms with Crippen molar-refractivity contribution in [1.82, 2.24) is 10.3 Å². The lowest BCUT2D eigenvalue weighted by molar-refractivity contribution is 0.0609. The van der Waals surface area contributed by atoms with E-state index in [4.69, 9.17) is 4.74 Å². The van der Waals surface area contributed by atoms with E-state index in [1.807, 2.05) is 0 Å². The third kappa shape index (κ3) is 8.65. The van der Waals surface area contributed by atoms with Gasteiger partial charge >= 0.3 is 12.1 Å². The van der Waals surface area contributed by atoms with E-state index in [-0.39, 0.29) is 11.7 Å². The molecule has 0 aliphatic carbocycles. The summed E-state index contributed by atoms with van der Waals surface area (Å²) in [6.07, 6.45) is 10.7. The largest absolute Gasteiger partial charge is 0.415 e. The number of hydrogen-bond donors (Lipinski definition) is 1. The Morgan fingerprint density at radius 2 is 1.71 bits per heavy atom. The number of unbranched alkanes of at least 4 members (excludes halogenated alkanes) is 5. The molecular weight excluding hydrogens is 304 g/mol. The van der Waals surface area contributed by atoms with Gasteiger partial charge < -0.3 is 10.1 Å². The summed E-state index contributed by atoms with van der Waals surface area (Å²) in [4.78, 5) is 27.7. The zero-order valence-electron chi connectivity index (χ0n) is 14.9. The number of nitrogens with one attached hydrogen (secondary N) is 1. The maximum Gasteiger partial charge on any atom is 0.415 e. The molecule has 134 valence electrons. The van der Waals surface area contributed by atoms with Crippen LogP contribution in [0.15, 0.2) is 24.4 Å². The van der Waals surface area contributed by atoms with Gasteiger partial charge in [0.2, 0.25) is 0 Å². The SMILES string of the molecule is CCCCCCC(CCCCC)NC(=O)OC(=O)c1ccccn1. The van der Waals surface area contributed by atoms with Gasteiger partial charge in [0.1, 0.15) is 5.69 Å². The Bertz CT molecular complexity index is 477. The quantitative estimate of drug-likeness (QED) is 0.356. The number of ether oxygens (including phenoxy) is 1. The van der Waals surface area contributed by atoms with E-state index in [0.29, 0.717) is 0 Å². The fraction of sp³-hybridized carbons (Fsp3) is 0.632. The molecule has 1 amide bonds. The van der Waals surface area contributed by atoms with Gasteiger partial charge in [0.05, 0.1) is 0 Å². The predicted molar refractivity (Wildman–Crippen MR) is 94.9 cm³/mol. The van der Waals surface area contributed by atoms with Crippen molar-refractivity contribution in [1.29, 1.82) is 0 Å². The fourth-order valence-electron chi connectivity index (χ4n) is 2.56. The molecule has 1 unspecified atom stereocenters. The minimum Gasteiger partial charge on any atom is -0.371 e. The molecule has 1 atom stereocenters. The maximum atomic E-state index is 12.0. The summed E-state index contributed by atoms with van der Waals surface area (Å²) in [5.74, 6) is -0.716. The number of carbonyl (C=O) groups is 2. The first-order valence-electron chi connectivity index (χ1n) is 9.11. The van der Waals surface area contributed by atoms with E-state index in [1.54, 1.807) is 12.1 Å². The summed E-state index contributed by atoms with van der Waals surface area (Å²) in [6, 6.07) is 4.98. The molecule has 1 N–H and O–H groups in total. The second-order valence-corrected chi connectivity index (χ2v) is 6.08. The van der Waals surface area contributed by atoms with E-state index in [1.165, 1.54) is 31.5 Å². The third-order valence-corrected chi connectivity index (χ3v) is 3.94. The molecule has 0 radical (unpaired) electrons. The van der Waals surface area contributed by atoms with Crippen LogP contribution < -0.4 is 5.32 Å². The van der Waals surface area contributed by atoms with Gasteiger partial charge in [-0.2, -0.15) is 0 Å². The second-order valence-electron chi connectivity index (χ2n) is 6.08. The molecule has 1 aromatic heterocycles. The van der Waals surface area contributed by atoms with Crippen LogP contribution in [-0.4, -0.2) is 23.1 Å². The Morgan fingerprint density at radius 1 is 1.04 bits per heavy atom. The first-order valence-corrected chi connectivity index (χ1v) is 9.11. The summed E-state index contributed by atoms with van der Waals surface area (Å²) in [7, 11) is 0. The van der Waals surface area contributed by atoms with E-state index in [2.05, 4.69) is 24.1 Å². The van der Waals surface area contributed by atoms with Crippen LogP contribution in [0.25, 0.3) is 0 Å². The second kappa shape index (κ2) is 12.5. The molecule has 0 saturated heterocycles. The lowest BCUT2D eigenvalue weighted by Gasteiger charge is -2.18. The van der Waals surface area contributed by atoms with Crippen molar-refractivity contribution in [2.45, 2.75) is 77.7 Å². The first-order chi connectivity index (χ1) is 11.7. The van der Waals surface area contributed by atoms with Crippen LogP contribution in [-0.2, 0) is 4.74 Å². The van der Waals surface area contributed by atoms with E-state index >= 15 is 0 Å². The zero-order chi connectivity index (χ0) is 17.6. The molecule has 5 heteroatoms. The first kappa shape index (κ1) is 20.1. The van der Waals surface area contributed by atoms with E-state index in [9.17, 15) is 9.59 Å². The lowest BCUT2D eigenvalue weighted by Crippen LogP contribution is -2.36. The number of amides is 1. The van der Waals surface area contributed by atoms with Gasteiger partial charge in [-0.25, -0.2) is 14.6 Å². The molecule has 1 rings (SSSR count). The van der Waals surface area contributed by atoms with Gasteiger partial charge in [0.15, 0.2) is 0 Å². The molecule has 0 aliphatic rings. The molecule has 1 heterocycles. The molecule has 0 aliphatic heterocycles. The maximum absolute atomic E-state index is 12.0. The molecule has 24 heavy (non-hydrogen) atoms. The fourth-order valence-corrected chi connectivity index (χ4v) is 2.56. The van der Waals surface area contributed by atoms with Crippen LogP contribution in [0, 0.1) is 0 Å². The van der Waals surface area contributed by atoms with E-state index in [0.717, 1.165) is 38.5 Å². The van der Waals surface area contributed by atoms with Crippen LogP contribution in [0.3, 0.4) is 0 Å². The molecular formula is C19H30N2O3. The van der Waals surface area contributed by atoms with Crippen molar-refractivity contribution in [3.63, 3.8) is 0 Å². The van der Waals surface area contributed by atoms with Crippen molar-refractivity contribution in [2.24, 2.45) is 0 Å². The topological polar surface area (TPSA) is 68.3 Å². The van der Waals surface area contributed by atoms with Gasteiger partial charge in [0, 0.05) is 12.2 Å². The smallest absolute Gasteiger partial charge is 0.371 e. The van der Waals surface area contributed by atoms with Gasteiger partial charge in [-0.05, 0) is 25.0 Å². The Morgan fingerprint density at radius 3 is 2.33 bits per heavy atom. The Balaban J connectivity index is 2.44. The average Bonchev–Trinajstić information content (AvgIpc) is 2.59. The van der Waals surface area contributed by atoms with Crippen LogP contribution in [0.5, 0.6) is 0 Å². The minimum atomic E-state index is -0.716. The van der Waals surface area contributed by atoms with Crippen LogP contribution >= 0.6 is 0 Å². The number of alkyl carbamates (subject to hydrolysis) is 1. The molecule has 0 spiro atoms. The highest BCUT2D eigenvalue weighted by atomic mass is 16.6. The van der Waals surface area contributed by atoms with Crippen LogP contribution in [0.4, 0.5) is 4.79 Å². The van der Waals surface area contributed by atoms with E-state index < -0.39 is 12.1 Å². The van der Waals surface area contributed by atoms with Crippen molar-refractivity contribution < 1.29 is 14.3 Å². The molecule has 0 aromatic carbocycles. The minimum absolute atomic E-state index is 0.0671. The number of esters is 1. The predicted octanol–water partition coefficient (Wildman–Crippen LogP) is 4.87. The molecule has 1 aromatic rings. The summed E-state index contributed by atoms with van der Waals surface area (Å²) in [5, 5.41) is 2.84. The molecule has 0 fully saturated rings. The summed E-state index contributed by atoms with van der Waals surface area (Å²) in [5.41, 5.74) is 0.137. The van der Waals surface area contributed by atoms with Gasteiger partial charge in [-0.15, -0.1) is 0 Å². The Kier molecular flexibility index (Phi) is 10.5. The number of nitrogens with zero attached hydrogens (tertiary/aromatic N) is 1. The molecule has 0 bridgehead atoms. The number of carbonyl (C=O) groups excluding carboxylic acids is 2. The number of rotatable bonds is 11. The van der Waals surface area contributed by atoms with Crippen molar-refractivity contribution in [3.05, 3.63) is 30.1 Å². The normalized spacial score (nSPS) is 11.8. The highest BCUT2D eigenvalue weighted by Crippen LogP contribution is 2.12. The molecule has 0 saturated carbocycles. The highest BCUT2D eigenvalue weighted by Gasteiger charge is 2.17. The molecule has 5 nitrogen and oxygen atoms in total. The Labute approximate surface area is 145 Å².